The third-order valence-electron chi connectivity index (χ3n) is 9.53. The number of ketones is 1. The van der Waals surface area contributed by atoms with Crippen molar-refractivity contribution in [2.45, 2.75) is 77.9 Å². The highest BCUT2D eigenvalue weighted by Gasteiger charge is 2.69. The summed E-state index contributed by atoms with van der Waals surface area (Å²) < 4.78 is 0. The monoisotopic (exact) mass is 554 g/mol. The van der Waals surface area contributed by atoms with Crippen molar-refractivity contribution in [2.75, 3.05) is 12.4 Å². The van der Waals surface area contributed by atoms with Crippen LogP contribution in [-0.2, 0) is 14.4 Å². The van der Waals surface area contributed by atoms with Gasteiger partial charge >= 0.3 is 0 Å². The van der Waals surface area contributed by atoms with Gasteiger partial charge in [-0.1, -0.05) is 45.2 Å². The average Bonchev–Trinajstić information content (AvgIpc) is 3.31. The summed E-state index contributed by atoms with van der Waals surface area (Å²) in [5, 5.41) is 6.85. The van der Waals surface area contributed by atoms with Gasteiger partial charge in [-0.2, -0.15) is 0 Å². The van der Waals surface area contributed by atoms with Crippen molar-refractivity contribution in [3.05, 3.63) is 35.5 Å². The van der Waals surface area contributed by atoms with Crippen LogP contribution in [0.15, 0.2) is 24.3 Å². The molecule has 9 heteroatoms. The van der Waals surface area contributed by atoms with Crippen LogP contribution in [0.25, 0.3) is 10.9 Å². The van der Waals surface area contributed by atoms with Crippen LogP contribution in [0.3, 0.4) is 0 Å². The number of benzene rings is 1. The quantitative estimate of drug-likeness (QED) is 0.429. The molecule has 3 N–H and O–H groups in total. The van der Waals surface area contributed by atoms with Gasteiger partial charge in [0.1, 0.15) is 17.8 Å². The zero-order valence-corrected chi connectivity index (χ0v) is 23.9. The van der Waals surface area contributed by atoms with E-state index in [0.717, 1.165) is 48.6 Å². The Morgan fingerprint density at radius 2 is 1.85 bits per heavy atom. The summed E-state index contributed by atoms with van der Waals surface area (Å²) in [6.45, 7) is 8.33. The fraction of sp³-hybridized carbons (Fsp3) is 0.600. The maximum Gasteiger partial charge on any atom is 0.268 e. The first-order chi connectivity index (χ1) is 18.5. The standard InChI is InChI=1S/C30H39ClN4O4/c1-16-9-8-12-21-19(16)13-22(33-21)27(37)34-25(18-10-6-5-7-11-18)29(39)35-15-20-24(30(20,3)4)26(35)28(38)32-17(2)23(36)14-31/h8-9,12-13,17-18,20,24-26,33H,5-7,10-11,14-15H2,1-4H3,(H,32,38)(H,34,37)/t17-,20-,24-,25-,26-/m0/s1. The number of carbonyl (C=O) groups excluding carboxylic acids is 4. The number of hydrogen-bond donors (Lipinski definition) is 3. The molecule has 5 rings (SSSR count). The van der Waals surface area contributed by atoms with Gasteiger partial charge in [-0.25, -0.2) is 0 Å². The summed E-state index contributed by atoms with van der Waals surface area (Å²) in [4.78, 5) is 58.2. The Morgan fingerprint density at radius 1 is 1.13 bits per heavy atom. The van der Waals surface area contributed by atoms with Crippen molar-refractivity contribution >= 4 is 46.0 Å². The zero-order chi connectivity index (χ0) is 28.1. The largest absolute Gasteiger partial charge is 0.351 e. The van der Waals surface area contributed by atoms with E-state index < -0.39 is 18.1 Å². The van der Waals surface area contributed by atoms with E-state index in [-0.39, 0.29) is 52.6 Å². The Labute approximate surface area is 234 Å². The van der Waals surface area contributed by atoms with Crippen LogP contribution in [0, 0.1) is 30.1 Å². The number of nitrogens with zero attached hydrogens (tertiary/aromatic N) is 1. The van der Waals surface area contributed by atoms with Gasteiger partial charge in [0.25, 0.3) is 5.91 Å². The number of likely N-dealkylation sites (tertiary alicyclic amines) is 1. The highest BCUT2D eigenvalue weighted by Crippen LogP contribution is 2.65. The SMILES string of the molecule is Cc1cccc2[nH]c(C(=O)N[C@H](C(=O)N3C[C@H]4[C@@H]([C@H]3C(=O)N[C@@H](C)C(=O)CCl)C4(C)C)C3CCCCC3)cc12. The minimum absolute atomic E-state index is 0.00622. The first-order valence-corrected chi connectivity index (χ1v) is 14.7. The molecule has 5 atom stereocenters. The van der Waals surface area contributed by atoms with E-state index in [9.17, 15) is 19.2 Å². The van der Waals surface area contributed by atoms with Gasteiger partial charge in [0.15, 0.2) is 5.78 Å². The number of hydrogen-bond acceptors (Lipinski definition) is 4. The number of piperidine rings is 1. The smallest absolute Gasteiger partial charge is 0.268 e. The molecule has 3 fully saturated rings. The lowest BCUT2D eigenvalue weighted by atomic mass is 9.83. The topological polar surface area (TPSA) is 111 Å². The molecule has 1 saturated heterocycles. The second kappa shape index (κ2) is 10.6. The minimum Gasteiger partial charge on any atom is -0.351 e. The van der Waals surface area contributed by atoms with E-state index in [4.69, 9.17) is 11.6 Å². The molecule has 8 nitrogen and oxygen atoms in total. The lowest BCUT2D eigenvalue weighted by Crippen LogP contribution is -2.59. The molecule has 39 heavy (non-hydrogen) atoms. The van der Waals surface area contributed by atoms with E-state index in [2.05, 4.69) is 29.5 Å². The molecule has 0 spiro atoms. The Hall–Kier alpha value is -2.87. The molecule has 2 saturated carbocycles. The molecule has 2 heterocycles. The number of aryl methyl sites for hydroxylation is 1. The van der Waals surface area contributed by atoms with E-state index in [1.165, 1.54) is 0 Å². The van der Waals surface area contributed by atoms with Crippen molar-refractivity contribution in [1.82, 2.24) is 20.5 Å². The maximum absolute atomic E-state index is 14.2. The third-order valence-corrected chi connectivity index (χ3v) is 9.80. The maximum atomic E-state index is 14.2. The van der Waals surface area contributed by atoms with E-state index in [1.807, 2.05) is 31.2 Å². The number of alkyl halides is 1. The van der Waals surface area contributed by atoms with Gasteiger partial charge < -0.3 is 20.5 Å². The molecule has 1 aromatic heterocycles. The van der Waals surface area contributed by atoms with E-state index >= 15 is 0 Å². The molecule has 1 aliphatic heterocycles. The number of aromatic nitrogens is 1. The Morgan fingerprint density at radius 3 is 2.51 bits per heavy atom. The van der Waals surface area contributed by atoms with Crippen molar-refractivity contribution in [2.24, 2.45) is 23.2 Å². The molecular formula is C30H39ClN4O4. The average molecular weight is 555 g/mol. The van der Waals surface area contributed by atoms with Crippen molar-refractivity contribution < 1.29 is 19.2 Å². The summed E-state index contributed by atoms with van der Waals surface area (Å²) in [6.07, 6.45) is 4.85. The number of rotatable bonds is 8. The first-order valence-electron chi connectivity index (χ1n) is 14.1. The van der Waals surface area contributed by atoms with Crippen LogP contribution in [0.4, 0.5) is 0 Å². The van der Waals surface area contributed by atoms with Crippen LogP contribution in [0.1, 0.15) is 68.9 Å². The van der Waals surface area contributed by atoms with Crippen LogP contribution in [0.5, 0.6) is 0 Å². The van der Waals surface area contributed by atoms with Crippen molar-refractivity contribution in [3.8, 4) is 0 Å². The number of H-pyrrole nitrogens is 1. The number of Topliss-reactive ketones (excluding diaryl/α,β-unsaturated/α-hetero) is 1. The molecule has 2 aromatic rings. The fourth-order valence-corrected chi connectivity index (χ4v) is 7.22. The molecule has 0 bridgehead atoms. The summed E-state index contributed by atoms with van der Waals surface area (Å²) in [5.74, 6) is -1.08. The van der Waals surface area contributed by atoms with Crippen LogP contribution < -0.4 is 10.6 Å². The molecule has 3 aliphatic rings. The Kier molecular flexibility index (Phi) is 7.53. The molecule has 0 unspecified atom stereocenters. The van der Waals surface area contributed by atoms with Crippen LogP contribution in [0.2, 0.25) is 0 Å². The van der Waals surface area contributed by atoms with Gasteiger partial charge in [0.2, 0.25) is 11.8 Å². The number of amides is 3. The molecular weight excluding hydrogens is 516 g/mol. The number of carbonyl (C=O) groups is 4. The van der Waals surface area contributed by atoms with Crippen molar-refractivity contribution in [3.63, 3.8) is 0 Å². The fourth-order valence-electron chi connectivity index (χ4n) is 6.98. The second-order valence-corrected chi connectivity index (χ2v) is 12.6. The predicted octanol–water partition coefficient (Wildman–Crippen LogP) is 3.95. The molecule has 210 valence electrons. The lowest BCUT2D eigenvalue weighted by Gasteiger charge is -2.37. The van der Waals surface area contributed by atoms with Crippen LogP contribution in [-0.4, -0.2) is 63.9 Å². The van der Waals surface area contributed by atoms with Crippen molar-refractivity contribution in [1.29, 1.82) is 0 Å². The number of halogens is 1. The van der Waals surface area contributed by atoms with E-state index in [1.54, 1.807) is 11.8 Å². The Balaban J connectivity index is 1.40. The first kappa shape index (κ1) is 27.7. The predicted molar refractivity (Wildman–Crippen MR) is 150 cm³/mol. The zero-order valence-electron chi connectivity index (χ0n) is 23.2. The molecule has 0 radical (unpaired) electrons. The molecule has 2 aliphatic carbocycles. The van der Waals surface area contributed by atoms with Crippen LogP contribution >= 0.6 is 11.6 Å². The summed E-state index contributed by atoms with van der Waals surface area (Å²) in [5.41, 5.74) is 2.29. The summed E-state index contributed by atoms with van der Waals surface area (Å²) in [6, 6.07) is 5.58. The number of nitrogens with one attached hydrogen (secondary N) is 3. The number of fused-ring (bicyclic) bond motifs is 2. The normalized spacial score (nSPS) is 25.6. The Bertz CT molecular complexity index is 1300. The molecule has 1 aromatic carbocycles. The minimum atomic E-state index is -0.729. The van der Waals surface area contributed by atoms with E-state index in [0.29, 0.717) is 12.2 Å². The van der Waals surface area contributed by atoms with Gasteiger partial charge in [-0.15, -0.1) is 11.6 Å². The summed E-state index contributed by atoms with van der Waals surface area (Å²) in [7, 11) is 0. The molecule has 3 amide bonds. The van der Waals surface area contributed by atoms with Gasteiger partial charge in [-0.05, 0) is 67.6 Å². The van der Waals surface area contributed by atoms with Gasteiger partial charge in [0, 0.05) is 17.4 Å². The van der Waals surface area contributed by atoms with Gasteiger partial charge in [0.05, 0.1) is 11.9 Å². The highest BCUT2D eigenvalue weighted by atomic mass is 35.5. The second-order valence-electron chi connectivity index (χ2n) is 12.3. The number of aromatic amines is 1. The lowest BCUT2D eigenvalue weighted by molar-refractivity contribution is -0.143. The third kappa shape index (κ3) is 5.08. The van der Waals surface area contributed by atoms with Gasteiger partial charge in [-0.3, -0.25) is 19.2 Å². The summed E-state index contributed by atoms with van der Waals surface area (Å²) >= 11 is 5.70. The highest BCUT2D eigenvalue weighted by molar-refractivity contribution is 6.28.